The molecule has 0 radical (unpaired) electrons. The lowest BCUT2D eigenvalue weighted by Crippen LogP contribution is -2.37. The third-order valence-electron chi connectivity index (χ3n) is 4.26. The fraction of sp³-hybridized carbons (Fsp3) is 0.500. The zero-order valence-electron chi connectivity index (χ0n) is 13.0. The average Bonchev–Trinajstić information content (AvgIpc) is 2.98. The number of aromatic nitrogens is 3. The quantitative estimate of drug-likeness (QED) is 0.864. The number of amides is 1. The summed E-state index contributed by atoms with van der Waals surface area (Å²) in [5.74, 6) is 0.799. The van der Waals surface area contributed by atoms with Crippen LogP contribution in [0.2, 0.25) is 0 Å². The van der Waals surface area contributed by atoms with E-state index in [2.05, 4.69) is 15.1 Å². The summed E-state index contributed by atoms with van der Waals surface area (Å²) >= 11 is 0. The first kappa shape index (κ1) is 14.7. The Morgan fingerprint density at radius 3 is 2.95 bits per heavy atom. The fourth-order valence-corrected chi connectivity index (χ4v) is 2.79. The van der Waals surface area contributed by atoms with Gasteiger partial charge in [-0.15, -0.1) is 0 Å². The van der Waals surface area contributed by atoms with Crippen molar-refractivity contribution in [3.8, 4) is 0 Å². The first-order valence-corrected chi connectivity index (χ1v) is 7.66. The number of hydrogen-bond acceptors (Lipinski definition) is 5. The molecule has 0 spiro atoms. The molecule has 0 fully saturated rings. The highest BCUT2D eigenvalue weighted by Gasteiger charge is 2.27. The topological polar surface area (TPSA) is 72.1 Å². The first-order chi connectivity index (χ1) is 10.7. The highest BCUT2D eigenvalue weighted by molar-refractivity contribution is 5.94. The number of carbonyl (C=O) groups excluding carboxylic acids is 1. The number of carbonyl (C=O) groups is 1. The molecular formula is C16H20N4O2. The van der Waals surface area contributed by atoms with E-state index in [1.54, 1.807) is 30.5 Å². The molecule has 0 N–H and O–H groups in total. The lowest BCUT2D eigenvalue weighted by Gasteiger charge is -2.24. The van der Waals surface area contributed by atoms with Gasteiger partial charge in [0.1, 0.15) is 5.76 Å². The Morgan fingerprint density at radius 1 is 1.36 bits per heavy atom. The van der Waals surface area contributed by atoms with Crippen LogP contribution in [0.1, 0.15) is 47.3 Å². The maximum Gasteiger partial charge on any atom is 0.276 e. The molecule has 0 bridgehead atoms. The summed E-state index contributed by atoms with van der Waals surface area (Å²) in [7, 11) is 1.80. The Hall–Kier alpha value is -2.24. The fourth-order valence-electron chi connectivity index (χ4n) is 2.79. The van der Waals surface area contributed by atoms with Gasteiger partial charge in [-0.1, -0.05) is 5.16 Å². The molecule has 3 rings (SSSR count). The van der Waals surface area contributed by atoms with Gasteiger partial charge >= 0.3 is 0 Å². The van der Waals surface area contributed by atoms with Crippen LogP contribution in [0.25, 0.3) is 0 Å². The van der Waals surface area contributed by atoms with Crippen molar-refractivity contribution >= 4 is 5.91 Å². The number of fused-ring (bicyclic) bond motifs is 1. The van der Waals surface area contributed by atoms with E-state index in [1.807, 2.05) is 6.92 Å². The minimum absolute atomic E-state index is 0.0140. The van der Waals surface area contributed by atoms with Crippen LogP contribution < -0.4 is 0 Å². The van der Waals surface area contributed by atoms with Gasteiger partial charge in [0.15, 0.2) is 5.69 Å². The van der Waals surface area contributed by atoms with Crippen molar-refractivity contribution < 1.29 is 9.32 Å². The van der Waals surface area contributed by atoms with Crippen LogP contribution in [0, 0.1) is 0 Å². The van der Waals surface area contributed by atoms with Crippen molar-refractivity contribution in [2.75, 3.05) is 7.05 Å². The van der Waals surface area contributed by atoms with E-state index in [-0.39, 0.29) is 11.9 Å². The minimum Gasteiger partial charge on any atom is -0.360 e. The van der Waals surface area contributed by atoms with Crippen LogP contribution in [-0.2, 0) is 19.3 Å². The van der Waals surface area contributed by atoms with E-state index in [9.17, 15) is 4.79 Å². The Bertz CT molecular complexity index is 653. The highest BCUT2D eigenvalue weighted by Crippen LogP contribution is 2.25. The van der Waals surface area contributed by atoms with Gasteiger partial charge in [0.25, 0.3) is 5.91 Å². The van der Waals surface area contributed by atoms with Gasteiger partial charge in [-0.3, -0.25) is 14.8 Å². The van der Waals surface area contributed by atoms with Gasteiger partial charge in [-0.05, 0) is 26.2 Å². The maximum atomic E-state index is 12.7. The predicted molar refractivity (Wildman–Crippen MR) is 80.4 cm³/mol. The molecule has 0 aromatic carbocycles. The SMILES string of the molecule is CC(Cc1cnccn1)N(C)C(=O)c1noc2c1CCCC2. The van der Waals surface area contributed by atoms with Crippen LogP contribution in [0.5, 0.6) is 0 Å². The zero-order valence-corrected chi connectivity index (χ0v) is 13.0. The van der Waals surface area contributed by atoms with Crippen molar-refractivity contribution in [3.05, 3.63) is 41.3 Å². The Labute approximate surface area is 129 Å². The standard InChI is InChI=1S/C16H20N4O2/c1-11(9-12-10-17-7-8-18-12)20(2)16(21)15-13-5-3-4-6-14(13)22-19-15/h7-8,10-11H,3-6,9H2,1-2H3. The second-order valence-electron chi connectivity index (χ2n) is 5.81. The first-order valence-electron chi connectivity index (χ1n) is 7.66. The Morgan fingerprint density at radius 2 is 2.18 bits per heavy atom. The van der Waals surface area contributed by atoms with Gasteiger partial charge in [-0.2, -0.15) is 0 Å². The van der Waals surface area contributed by atoms with Crippen molar-refractivity contribution in [2.45, 2.75) is 45.1 Å². The lowest BCUT2D eigenvalue weighted by molar-refractivity contribution is 0.0731. The van der Waals surface area contributed by atoms with Crippen molar-refractivity contribution in [1.82, 2.24) is 20.0 Å². The lowest BCUT2D eigenvalue weighted by atomic mass is 9.96. The van der Waals surface area contributed by atoms with Gasteiger partial charge in [0.05, 0.1) is 5.69 Å². The van der Waals surface area contributed by atoms with E-state index in [0.29, 0.717) is 12.1 Å². The number of aryl methyl sites for hydroxylation is 1. The molecule has 0 saturated carbocycles. The monoisotopic (exact) mass is 300 g/mol. The van der Waals surface area contributed by atoms with Crippen LogP contribution in [0.3, 0.4) is 0 Å². The average molecular weight is 300 g/mol. The summed E-state index contributed by atoms with van der Waals surface area (Å²) < 4.78 is 5.34. The smallest absolute Gasteiger partial charge is 0.276 e. The molecule has 1 amide bonds. The van der Waals surface area contributed by atoms with Gasteiger partial charge in [-0.25, -0.2) is 0 Å². The van der Waals surface area contributed by atoms with Crippen LogP contribution in [0.15, 0.2) is 23.1 Å². The molecule has 1 aliphatic rings. The van der Waals surface area contributed by atoms with Crippen molar-refractivity contribution in [1.29, 1.82) is 0 Å². The molecule has 1 atom stereocenters. The van der Waals surface area contributed by atoms with E-state index in [1.165, 1.54) is 0 Å². The molecule has 6 nitrogen and oxygen atoms in total. The Kier molecular flexibility index (Phi) is 4.18. The van der Waals surface area contributed by atoms with Gasteiger partial charge < -0.3 is 9.42 Å². The molecule has 0 saturated heterocycles. The highest BCUT2D eigenvalue weighted by atomic mass is 16.5. The summed E-state index contributed by atoms with van der Waals surface area (Å²) in [5, 5.41) is 4.01. The molecule has 22 heavy (non-hydrogen) atoms. The Balaban J connectivity index is 1.72. The van der Waals surface area contributed by atoms with Crippen LogP contribution in [0.4, 0.5) is 0 Å². The predicted octanol–water partition coefficient (Wildman–Crippen LogP) is 2.05. The minimum atomic E-state index is -0.0803. The molecule has 2 aromatic heterocycles. The molecule has 0 aliphatic heterocycles. The summed E-state index contributed by atoms with van der Waals surface area (Å²) in [6, 6.07) is 0.0140. The largest absolute Gasteiger partial charge is 0.360 e. The molecule has 2 aromatic rings. The van der Waals surface area contributed by atoms with Gasteiger partial charge in [0, 0.05) is 50.1 Å². The maximum absolute atomic E-state index is 12.7. The number of nitrogens with zero attached hydrogens (tertiary/aromatic N) is 4. The van der Waals surface area contributed by atoms with Crippen molar-refractivity contribution in [2.24, 2.45) is 0 Å². The summed E-state index contributed by atoms with van der Waals surface area (Å²) in [6.07, 6.45) is 9.66. The normalized spacial score (nSPS) is 15.2. The molecule has 6 heteroatoms. The molecular weight excluding hydrogens is 280 g/mol. The molecule has 116 valence electrons. The summed E-state index contributed by atoms with van der Waals surface area (Å²) in [5.41, 5.74) is 2.34. The van der Waals surface area contributed by atoms with E-state index in [0.717, 1.165) is 42.7 Å². The van der Waals surface area contributed by atoms with Crippen molar-refractivity contribution in [3.63, 3.8) is 0 Å². The number of rotatable bonds is 4. The third-order valence-corrected chi connectivity index (χ3v) is 4.26. The summed E-state index contributed by atoms with van der Waals surface area (Å²) in [4.78, 5) is 22.7. The van der Waals surface area contributed by atoms with Crippen LogP contribution in [-0.4, -0.2) is 39.0 Å². The van der Waals surface area contributed by atoms with E-state index < -0.39 is 0 Å². The molecule has 1 unspecified atom stereocenters. The zero-order chi connectivity index (χ0) is 15.5. The second kappa shape index (κ2) is 6.25. The van der Waals surface area contributed by atoms with Gasteiger partial charge in [0.2, 0.25) is 0 Å². The second-order valence-corrected chi connectivity index (χ2v) is 5.81. The third kappa shape index (κ3) is 2.86. The number of likely N-dealkylation sites (N-methyl/N-ethyl adjacent to an activating group) is 1. The number of hydrogen-bond donors (Lipinski definition) is 0. The molecule has 1 aliphatic carbocycles. The van der Waals surface area contributed by atoms with E-state index in [4.69, 9.17) is 4.52 Å². The summed E-state index contributed by atoms with van der Waals surface area (Å²) in [6.45, 7) is 2.00. The molecule has 2 heterocycles. The van der Waals surface area contributed by atoms with Crippen LogP contribution >= 0.6 is 0 Å². The van der Waals surface area contributed by atoms with E-state index >= 15 is 0 Å².